The van der Waals surface area contributed by atoms with Crippen molar-refractivity contribution in [2.75, 3.05) is 22.2 Å². The summed E-state index contributed by atoms with van der Waals surface area (Å²) in [7, 11) is 0. The highest BCUT2D eigenvalue weighted by Crippen LogP contribution is 2.25. The highest BCUT2D eigenvalue weighted by molar-refractivity contribution is 5.99. The van der Waals surface area contributed by atoms with Gasteiger partial charge in [-0.25, -0.2) is 9.79 Å². The van der Waals surface area contributed by atoms with Gasteiger partial charge in [0.2, 0.25) is 5.55 Å². The largest absolute Gasteiger partial charge is 0.446 e. The number of aromatic nitrogens is 1. The lowest BCUT2D eigenvalue weighted by Crippen LogP contribution is -2.42. The Morgan fingerprint density at radius 3 is 2.79 bits per heavy atom. The third-order valence-electron chi connectivity index (χ3n) is 4.47. The van der Waals surface area contributed by atoms with Crippen molar-refractivity contribution in [3.63, 3.8) is 0 Å². The van der Waals surface area contributed by atoms with Crippen LogP contribution >= 0.6 is 0 Å². The molecule has 9 nitrogen and oxygen atoms in total. The molecule has 0 atom stereocenters. The van der Waals surface area contributed by atoms with Crippen LogP contribution in [-0.4, -0.2) is 17.9 Å². The van der Waals surface area contributed by atoms with Crippen LogP contribution < -0.4 is 32.0 Å². The molecule has 150 valence electrons. The summed E-state index contributed by atoms with van der Waals surface area (Å²) in [5.74, 6) is 1.58. The third kappa shape index (κ3) is 3.79. The van der Waals surface area contributed by atoms with E-state index in [1.807, 2.05) is 43.9 Å². The van der Waals surface area contributed by atoms with Crippen LogP contribution in [-0.2, 0) is 5.41 Å². The van der Waals surface area contributed by atoms with Crippen LogP contribution in [0.2, 0.25) is 0 Å². The van der Waals surface area contributed by atoms with Crippen LogP contribution in [0.5, 0.6) is 0 Å². The summed E-state index contributed by atoms with van der Waals surface area (Å²) in [6.07, 6.45) is 1.56. The van der Waals surface area contributed by atoms with E-state index in [2.05, 4.69) is 20.8 Å². The number of nitrogens with zero attached hydrogens (tertiary/aromatic N) is 3. The first kappa shape index (κ1) is 18.6. The van der Waals surface area contributed by atoms with Crippen LogP contribution in [0.4, 0.5) is 22.0 Å². The number of fused-ring (bicyclic) bond motifs is 1. The van der Waals surface area contributed by atoms with E-state index in [1.54, 1.807) is 24.5 Å². The zero-order valence-corrected chi connectivity index (χ0v) is 16.4. The second-order valence-corrected chi connectivity index (χ2v) is 7.71. The molecule has 0 bridgehead atoms. The molecule has 0 unspecified atom stereocenters. The summed E-state index contributed by atoms with van der Waals surface area (Å²) < 4.78 is 10.6. The second kappa shape index (κ2) is 7.01. The van der Waals surface area contributed by atoms with Gasteiger partial charge in [0.05, 0.1) is 11.5 Å². The molecule has 0 fully saturated rings. The van der Waals surface area contributed by atoms with Gasteiger partial charge in [0.25, 0.3) is 0 Å². The van der Waals surface area contributed by atoms with E-state index in [1.165, 1.54) is 0 Å². The van der Waals surface area contributed by atoms with Crippen molar-refractivity contribution in [3.8, 4) is 0 Å². The van der Waals surface area contributed by atoms with Crippen molar-refractivity contribution < 1.29 is 13.7 Å². The molecule has 4 rings (SSSR count). The van der Waals surface area contributed by atoms with E-state index >= 15 is 0 Å². The SMILES string of the molecule is CC(C)(C)c1cc(NC(=O)Nc2cccc(N3CN=c4occc4=C3N)c2)no1. The summed E-state index contributed by atoms with van der Waals surface area (Å²) in [6, 6.07) is 10.4. The van der Waals surface area contributed by atoms with Gasteiger partial charge in [-0.05, 0) is 24.3 Å². The van der Waals surface area contributed by atoms with Crippen LogP contribution in [0.3, 0.4) is 0 Å². The van der Waals surface area contributed by atoms with Crippen molar-refractivity contribution in [1.82, 2.24) is 5.16 Å². The molecule has 3 heterocycles. The topological polar surface area (TPSA) is 122 Å². The van der Waals surface area contributed by atoms with Crippen LogP contribution in [0.15, 0.2) is 56.6 Å². The molecule has 2 aromatic heterocycles. The zero-order chi connectivity index (χ0) is 20.6. The number of hydrogen-bond acceptors (Lipinski definition) is 7. The molecule has 1 aliphatic rings. The van der Waals surface area contributed by atoms with E-state index in [-0.39, 0.29) is 5.41 Å². The number of nitrogens with one attached hydrogen (secondary N) is 2. The number of carbonyl (C=O) groups is 1. The molecule has 0 saturated heterocycles. The van der Waals surface area contributed by atoms with Crippen molar-refractivity contribution in [1.29, 1.82) is 0 Å². The Morgan fingerprint density at radius 2 is 2.03 bits per heavy atom. The Bertz CT molecular complexity index is 1170. The molecule has 1 aromatic carbocycles. The normalized spacial score (nSPS) is 13.6. The first-order valence-electron chi connectivity index (χ1n) is 9.12. The Morgan fingerprint density at radius 1 is 1.21 bits per heavy atom. The van der Waals surface area contributed by atoms with Crippen molar-refractivity contribution in [2.45, 2.75) is 26.2 Å². The molecule has 0 saturated carbocycles. The van der Waals surface area contributed by atoms with Gasteiger partial charge in [0.1, 0.15) is 18.2 Å². The minimum Gasteiger partial charge on any atom is -0.446 e. The van der Waals surface area contributed by atoms with Gasteiger partial charge in [-0.1, -0.05) is 32.0 Å². The van der Waals surface area contributed by atoms with E-state index < -0.39 is 6.03 Å². The lowest BCUT2D eigenvalue weighted by molar-refractivity contribution is 0.262. The van der Waals surface area contributed by atoms with Gasteiger partial charge in [0, 0.05) is 22.9 Å². The fourth-order valence-corrected chi connectivity index (χ4v) is 2.91. The number of carbonyl (C=O) groups excluding carboxylic acids is 1. The molecule has 1 aliphatic heterocycles. The average Bonchev–Trinajstić information content (AvgIpc) is 3.31. The van der Waals surface area contributed by atoms with Crippen LogP contribution in [0.1, 0.15) is 26.5 Å². The van der Waals surface area contributed by atoms with E-state index in [0.29, 0.717) is 35.3 Å². The maximum Gasteiger partial charge on any atom is 0.324 e. The third-order valence-corrected chi connectivity index (χ3v) is 4.47. The minimum absolute atomic E-state index is 0.192. The maximum absolute atomic E-state index is 12.3. The van der Waals surface area contributed by atoms with Crippen LogP contribution in [0, 0.1) is 0 Å². The fourth-order valence-electron chi connectivity index (χ4n) is 2.91. The zero-order valence-electron chi connectivity index (χ0n) is 16.4. The number of nitrogens with two attached hydrogens (primary N) is 1. The summed E-state index contributed by atoms with van der Waals surface area (Å²) in [6.45, 7) is 6.34. The lowest BCUT2D eigenvalue weighted by atomic mass is 9.93. The molecule has 0 radical (unpaired) electrons. The van der Waals surface area contributed by atoms with Gasteiger partial charge in [-0.15, -0.1) is 0 Å². The lowest BCUT2D eigenvalue weighted by Gasteiger charge is -2.24. The summed E-state index contributed by atoms with van der Waals surface area (Å²) in [4.78, 5) is 18.6. The first-order valence-corrected chi connectivity index (χ1v) is 9.12. The monoisotopic (exact) mass is 394 g/mol. The molecular formula is C20H22N6O3. The van der Waals surface area contributed by atoms with Crippen LogP contribution in [0.25, 0.3) is 5.82 Å². The maximum atomic E-state index is 12.3. The molecule has 3 aromatic rings. The van der Waals surface area contributed by atoms with Crippen molar-refractivity contribution >= 4 is 29.0 Å². The molecule has 2 amide bonds. The number of hydrogen-bond donors (Lipinski definition) is 3. The predicted octanol–water partition coefficient (Wildman–Crippen LogP) is 2.33. The standard InChI is InChI=1S/C20H22N6O3/c1-20(2,3)15-10-16(25-29-15)24-19(27)23-12-5-4-6-13(9-12)26-11-22-18-14(17(26)21)7-8-28-18/h4-10H,11,21H2,1-3H3,(H2,23,24,25,27). The molecule has 0 spiro atoms. The van der Waals surface area contributed by atoms with E-state index in [4.69, 9.17) is 14.7 Å². The summed E-state index contributed by atoms with van der Waals surface area (Å²) >= 11 is 0. The Hall–Kier alpha value is -3.75. The number of furan rings is 1. The fraction of sp³-hybridized carbons (Fsp3) is 0.250. The number of anilines is 3. The van der Waals surface area contributed by atoms with Gasteiger partial charge in [0.15, 0.2) is 5.82 Å². The van der Waals surface area contributed by atoms with Gasteiger partial charge in [-0.2, -0.15) is 0 Å². The molecular weight excluding hydrogens is 372 g/mol. The minimum atomic E-state index is -0.423. The quantitative estimate of drug-likeness (QED) is 0.627. The number of benzene rings is 1. The molecule has 29 heavy (non-hydrogen) atoms. The first-order chi connectivity index (χ1) is 13.8. The second-order valence-electron chi connectivity index (χ2n) is 7.71. The average molecular weight is 394 g/mol. The number of urea groups is 1. The highest BCUT2D eigenvalue weighted by atomic mass is 16.5. The van der Waals surface area contributed by atoms with Gasteiger partial charge < -0.3 is 24.9 Å². The van der Waals surface area contributed by atoms with Gasteiger partial charge in [-0.3, -0.25) is 5.32 Å². The Balaban J connectivity index is 1.48. The number of amides is 2. The Labute approximate surface area is 166 Å². The van der Waals surface area contributed by atoms with E-state index in [9.17, 15) is 4.79 Å². The molecule has 9 heteroatoms. The summed E-state index contributed by atoms with van der Waals surface area (Å²) in [5, 5.41) is 10.1. The predicted molar refractivity (Wildman–Crippen MR) is 109 cm³/mol. The van der Waals surface area contributed by atoms with Crippen molar-refractivity contribution in [3.05, 3.63) is 59.2 Å². The van der Waals surface area contributed by atoms with E-state index in [0.717, 1.165) is 10.9 Å². The highest BCUT2D eigenvalue weighted by Gasteiger charge is 2.20. The number of rotatable bonds is 3. The Kier molecular flexibility index (Phi) is 4.50. The summed E-state index contributed by atoms with van der Waals surface area (Å²) in [5.41, 5.74) is 7.99. The molecule has 0 aliphatic carbocycles. The smallest absolute Gasteiger partial charge is 0.324 e. The molecule has 4 N–H and O–H groups in total. The van der Waals surface area contributed by atoms with Crippen molar-refractivity contribution in [2.24, 2.45) is 10.7 Å². The van der Waals surface area contributed by atoms with Gasteiger partial charge >= 0.3 is 6.03 Å².